The molecule has 0 amide bonds. The first-order chi connectivity index (χ1) is 15.7. The van der Waals surface area contributed by atoms with E-state index in [9.17, 15) is 23.4 Å². The molecule has 0 spiro atoms. The summed E-state index contributed by atoms with van der Waals surface area (Å²) in [5, 5.41) is 25.9. The Morgan fingerprint density at radius 1 is 1.06 bits per heavy atom. The summed E-state index contributed by atoms with van der Waals surface area (Å²) in [4.78, 5) is 0. The predicted molar refractivity (Wildman–Crippen MR) is 118 cm³/mol. The van der Waals surface area contributed by atoms with E-state index in [-0.39, 0.29) is 24.4 Å². The van der Waals surface area contributed by atoms with Crippen LogP contribution in [0.1, 0.15) is 49.1 Å². The van der Waals surface area contributed by atoms with Gasteiger partial charge in [0.2, 0.25) is 0 Å². The van der Waals surface area contributed by atoms with Crippen molar-refractivity contribution in [1.82, 2.24) is 9.78 Å². The highest BCUT2D eigenvalue weighted by Gasteiger charge is 2.56. The average molecular weight is 454 g/mol. The lowest BCUT2D eigenvalue weighted by molar-refractivity contribution is -0.0140. The molecule has 5 rings (SSSR count). The minimum absolute atomic E-state index is 0.156. The molecule has 3 atom stereocenters. The van der Waals surface area contributed by atoms with E-state index in [1.165, 1.54) is 12.1 Å². The van der Waals surface area contributed by atoms with Gasteiger partial charge in [-0.2, -0.15) is 5.10 Å². The van der Waals surface area contributed by atoms with Crippen molar-refractivity contribution in [1.29, 1.82) is 0 Å². The molecule has 4 nitrogen and oxygen atoms in total. The standard InChI is InChI=1S/C26H25F3N2O2/c1-25-12-17-14-30-31(22-4-2-19(27)3-5-22)23(17)10-18(25)6-7-26(25,15-32)13-24(33)16-8-20(28)11-21(29)9-16/h2-5,8-11,14,24,32-33H,6-7,12-13,15H2,1H3. The second-order valence-corrected chi connectivity index (χ2v) is 9.48. The number of fused-ring (bicyclic) bond motifs is 2. The third-order valence-electron chi connectivity index (χ3n) is 7.72. The van der Waals surface area contributed by atoms with Crippen molar-refractivity contribution in [3.63, 3.8) is 0 Å². The van der Waals surface area contributed by atoms with Gasteiger partial charge >= 0.3 is 0 Å². The van der Waals surface area contributed by atoms with Crippen LogP contribution in [0.4, 0.5) is 13.2 Å². The van der Waals surface area contributed by atoms with Crippen LogP contribution in [-0.2, 0) is 6.42 Å². The lowest BCUT2D eigenvalue weighted by atomic mass is 9.59. The molecule has 172 valence electrons. The Balaban J connectivity index is 1.49. The van der Waals surface area contributed by atoms with Gasteiger partial charge in [-0.3, -0.25) is 0 Å². The van der Waals surface area contributed by atoms with E-state index in [4.69, 9.17) is 0 Å². The Kier molecular flexibility index (Phi) is 5.21. The van der Waals surface area contributed by atoms with Gasteiger partial charge in [0.25, 0.3) is 0 Å². The van der Waals surface area contributed by atoms with Crippen LogP contribution in [0.25, 0.3) is 11.8 Å². The zero-order valence-electron chi connectivity index (χ0n) is 18.2. The molecule has 1 saturated carbocycles. The van der Waals surface area contributed by atoms with Crippen LogP contribution >= 0.6 is 0 Å². The molecule has 0 aliphatic heterocycles. The summed E-state index contributed by atoms with van der Waals surface area (Å²) in [5.41, 5.74) is 2.89. The van der Waals surface area contributed by atoms with Crippen LogP contribution in [0.15, 0.2) is 54.2 Å². The fraction of sp³-hybridized carbons (Fsp3) is 0.346. The van der Waals surface area contributed by atoms with Crippen LogP contribution in [0.2, 0.25) is 0 Å². The van der Waals surface area contributed by atoms with E-state index in [0.717, 1.165) is 47.1 Å². The largest absolute Gasteiger partial charge is 0.396 e. The van der Waals surface area contributed by atoms with Crippen molar-refractivity contribution in [3.8, 4) is 5.69 Å². The van der Waals surface area contributed by atoms with Gasteiger partial charge < -0.3 is 10.2 Å². The van der Waals surface area contributed by atoms with Crippen LogP contribution in [0.5, 0.6) is 0 Å². The molecule has 2 aliphatic rings. The van der Waals surface area contributed by atoms with E-state index >= 15 is 0 Å². The van der Waals surface area contributed by atoms with E-state index in [0.29, 0.717) is 12.8 Å². The number of hydrogen-bond donors (Lipinski definition) is 2. The minimum atomic E-state index is -1.11. The molecule has 0 radical (unpaired) electrons. The molecule has 3 unspecified atom stereocenters. The average Bonchev–Trinajstić information content (AvgIpc) is 3.30. The van der Waals surface area contributed by atoms with Gasteiger partial charge in [0, 0.05) is 23.5 Å². The number of aliphatic hydroxyl groups excluding tert-OH is 2. The van der Waals surface area contributed by atoms with Crippen molar-refractivity contribution >= 4 is 6.08 Å². The Morgan fingerprint density at radius 2 is 1.76 bits per heavy atom. The molecule has 2 aliphatic carbocycles. The van der Waals surface area contributed by atoms with E-state index in [2.05, 4.69) is 18.1 Å². The summed E-state index contributed by atoms with van der Waals surface area (Å²) in [6.45, 7) is 1.93. The maximum absolute atomic E-state index is 13.7. The monoisotopic (exact) mass is 454 g/mol. The summed E-state index contributed by atoms with van der Waals surface area (Å²) in [6.07, 6.45) is 4.94. The number of rotatable bonds is 5. The third kappa shape index (κ3) is 3.50. The normalized spacial score (nSPS) is 24.8. The molecule has 2 N–H and O–H groups in total. The molecule has 0 saturated heterocycles. The first-order valence-electron chi connectivity index (χ1n) is 11.0. The second kappa shape index (κ2) is 7.85. The molecule has 1 fully saturated rings. The quantitative estimate of drug-likeness (QED) is 0.562. The van der Waals surface area contributed by atoms with Gasteiger partial charge in [-0.1, -0.05) is 12.5 Å². The number of allylic oxidation sites excluding steroid dienone is 1. The van der Waals surface area contributed by atoms with E-state index in [1.807, 2.05) is 0 Å². The molecule has 33 heavy (non-hydrogen) atoms. The van der Waals surface area contributed by atoms with Crippen LogP contribution < -0.4 is 0 Å². The molecule has 0 bridgehead atoms. The first-order valence-corrected chi connectivity index (χ1v) is 11.0. The maximum Gasteiger partial charge on any atom is 0.126 e. The van der Waals surface area contributed by atoms with Gasteiger partial charge in [0.15, 0.2) is 0 Å². The fourth-order valence-corrected chi connectivity index (χ4v) is 5.72. The number of hydrogen-bond acceptors (Lipinski definition) is 3. The first kappa shape index (κ1) is 21.9. The van der Waals surface area contributed by atoms with Crippen molar-refractivity contribution in [2.45, 2.75) is 38.7 Å². The highest BCUT2D eigenvalue weighted by molar-refractivity contribution is 5.62. The van der Waals surface area contributed by atoms with Gasteiger partial charge in [-0.05, 0) is 79.3 Å². The number of halogens is 3. The summed E-state index contributed by atoms with van der Waals surface area (Å²) < 4.78 is 42.6. The molecular weight excluding hydrogens is 429 g/mol. The van der Waals surface area contributed by atoms with Gasteiger partial charge in [0.05, 0.1) is 23.7 Å². The van der Waals surface area contributed by atoms with Gasteiger partial charge in [0.1, 0.15) is 17.5 Å². The summed E-state index contributed by atoms with van der Waals surface area (Å²) >= 11 is 0. The zero-order chi connectivity index (χ0) is 23.4. The Morgan fingerprint density at radius 3 is 2.42 bits per heavy atom. The van der Waals surface area contributed by atoms with Crippen molar-refractivity contribution in [2.75, 3.05) is 6.61 Å². The Bertz CT molecular complexity index is 1220. The van der Waals surface area contributed by atoms with Crippen molar-refractivity contribution in [2.24, 2.45) is 10.8 Å². The van der Waals surface area contributed by atoms with Gasteiger partial charge in [-0.25, -0.2) is 17.9 Å². The lowest BCUT2D eigenvalue weighted by Crippen LogP contribution is -2.43. The van der Waals surface area contributed by atoms with E-state index in [1.54, 1.807) is 23.0 Å². The summed E-state index contributed by atoms with van der Waals surface area (Å²) in [5.74, 6) is -1.79. The van der Waals surface area contributed by atoms with E-state index < -0.39 is 28.6 Å². The maximum atomic E-state index is 13.7. The van der Waals surface area contributed by atoms with Crippen LogP contribution in [0, 0.1) is 28.3 Å². The number of aromatic nitrogens is 2. The molecule has 2 aromatic carbocycles. The topological polar surface area (TPSA) is 58.3 Å². The molecule has 7 heteroatoms. The summed E-state index contributed by atoms with van der Waals surface area (Å²) in [6, 6.07) is 9.19. The predicted octanol–water partition coefficient (Wildman–Crippen LogP) is 5.13. The Labute approximate surface area is 190 Å². The lowest BCUT2D eigenvalue weighted by Gasteiger charge is -2.46. The molecule has 1 heterocycles. The van der Waals surface area contributed by atoms with Crippen LogP contribution in [-0.4, -0.2) is 26.6 Å². The smallest absolute Gasteiger partial charge is 0.126 e. The number of benzene rings is 2. The molecule has 1 aromatic heterocycles. The zero-order valence-corrected chi connectivity index (χ0v) is 18.2. The SMILES string of the molecule is CC12Cc3cnn(-c4ccc(F)cc4)c3C=C1CCC2(CO)CC(O)c1cc(F)cc(F)c1. The highest BCUT2D eigenvalue weighted by Crippen LogP contribution is 2.62. The fourth-order valence-electron chi connectivity index (χ4n) is 5.72. The second-order valence-electron chi connectivity index (χ2n) is 9.48. The Hall–Kier alpha value is -2.90. The highest BCUT2D eigenvalue weighted by atomic mass is 19.1. The van der Waals surface area contributed by atoms with Crippen molar-refractivity contribution < 1.29 is 23.4 Å². The number of nitrogens with zero attached hydrogens (tertiary/aromatic N) is 2. The van der Waals surface area contributed by atoms with Gasteiger partial charge in [-0.15, -0.1) is 0 Å². The summed E-state index contributed by atoms with van der Waals surface area (Å²) in [7, 11) is 0. The van der Waals surface area contributed by atoms with Crippen molar-refractivity contribution in [3.05, 3.63) is 88.5 Å². The number of aliphatic hydroxyl groups is 2. The van der Waals surface area contributed by atoms with Crippen LogP contribution in [0.3, 0.4) is 0 Å². The third-order valence-corrected chi connectivity index (χ3v) is 7.72. The molecule has 3 aromatic rings. The minimum Gasteiger partial charge on any atom is -0.396 e. The molecular formula is C26H25F3N2O2.